The van der Waals surface area contributed by atoms with Crippen LogP contribution in [0, 0.1) is 17.8 Å². The Morgan fingerprint density at radius 3 is 2.12 bits per heavy atom. The van der Waals surface area contributed by atoms with Crippen LogP contribution >= 0.6 is 11.6 Å². The standard InChI is InChI=1S/C34H35ClN2O3/c35-28-10-6-27(7-11-28)32(33(39)36-34-18-23-14-24(19-34)16-25(15-23)20-34)37-30(17-31(37)38)26-8-12-29(13-9-26)40-21-22-4-2-1-3-5-22/h1-13,23-25,30,32H,14-21H2,(H,36,39). The number of carbonyl (C=O) groups is 2. The number of β-lactam (4-membered cyclic amide) rings is 1. The van der Waals surface area contributed by atoms with Gasteiger partial charge >= 0.3 is 0 Å². The first-order chi connectivity index (χ1) is 19.4. The molecular formula is C34H35ClN2O3. The molecule has 40 heavy (non-hydrogen) atoms. The molecule has 3 aromatic rings. The lowest BCUT2D eigenvalue weighted by Gasteiger charge is -2.57. The molecule has 5 nitrogen and oxygen atoms in total. The summed E-state index contributed by atoms with van der Waals surface area (Å²) >= 11 is 6.21. The minimum atomic E-state index is -0.689. The third-order valence-corrected chi connectivity index (χ3v) is 9.90. The van der Waals surface area contributed by atoms with Crippen LogP contribution in [-0.2, 0) is 16.2 Å². The van der Waals surface area contributed by atoms with Crippen LogP contribution in [-0.4, -0.2) is 22.3 Å². The van der Waals surface area contributed by atoms with Crippen LogP contribution in [0.2, 0.25) is 5.02 Å². The van der Waals surface area contributed by atoms with Crippen LogP contribution in [0.4, 0.5) is 0 Å². The highest BCUT2D eigenvalue weighted by Gasteiger charge is 2.53. The van der Waals surface area contributed by atoms with E-state index in [4.69, 9.17) is 16.3 Å². The Morgan fingerprint density at radius 2 is 1.52 bits per heavy atom. The van der Waals surface area contributed by atoms with Crippen molar-refractivity contribution in [2.24, 2.45) is 17.8 Å². The summed E-state index contributed by atoms with van der Waals surface area (Å²) in [6, 6.07) is 24.5. The molecule has 3 aromatic carbocycles. The molecule has 5 fully saturated rings. The second-order valence-corrected chi connectivity index (χ2v) is 12.9. The molecular weight excluding hydrogens is 520 g/mol. The molecule has 4 saturated carbocycles. The van der Waals surface area contributed by atoms with E-state index in [9.17, 15) is 9.59 Å². The lowest BCUT2D eigenvalue weighted by atomic mass is 9.53. The fourth-order valence-electron chi connectivity index (χ4n) is 8.24. The van der Waals surface area contributed by atoms with Crippen molar-refractivity contribution in [1.82, 2.24) is 10.2 Å². The first kappa shape index (κ1) is 25.6. The highest BCUT2D eigenvalue weighted by atomic mass is 35.5. The number of rotatable bonds is 8. The maximum Gasteiger partial charge on any atom is 0.247 e. The minimum absolute atomic E-state index is 0.00461. The largest absolute Gasteiger partial charge is 0.489 e. The van der Waals surface area contributed by atoms with Crippen LogP contribution in [0.3, 0.4) is 0 Å². The van der Waals surface area contributed by atoms with Gasteiger partial charge in [-0.25, -0.2) is 0 Å². The number of halogens is 1. The SMILES string of the molecule is O=C(NC12CC3CC(CC(C3)C1)C2)C(c1ccc(Cl)cc1)N1C(=O)CC1c1ccc(OCc2ccccc2)cc1. The highest BCUT2D eigenvalue weighted by molar-refractivity contribution is 6.30. The Hall–Kier alpha value is -3.31. The van der Waals surface area contributed by atoms with Crippen LogP contribution in [0.5, 0.6) is 5.75 Å². The van der Waals surface area contributed by atoms with Gasteiger partial charge < -0.3 is 15.0 Å². The predicted octanol–water partition coefficient (Wildman–Crippen LogP) is 7.02. The van der Waals surface area contributed by atoms with Gasteiger partial charge in [0.05, 0.1) is 12.5 Å². The average molecular weight is 555 g/mol. The number of hydrogen-bond donors (Lipinski definition) is 1. The maximum atomic E-state index is 14.2. The Balaban J connectivity index is 1.12. The zero-order valence-corrected chi connectivity index (χ0v) is 23.4. The summed E-state index contributed by atoms with van der Waals surface area (Å²) in [4.78, 5) is 29.1. The summed E-state index contributed by atoms with van der Waals surface area (Å²) in [5.41, 5.74) is 2.79. The zero-order chi connectivity index (χ0) is 27.3. The number of nitrogens with one attached hydrogen (secondary N) is 1. The van der Waals surface area contributed by atoms with E-state index in [0.717, 1.165) is 59.5 Å². The number of hydrogen-bond acceptors (Lipinski definition) is 3. The molecule has 2 amide bonds. The molecule has 4 aliphatic carbocycles. The molecule has 206 valence electrons. The number of ether oxygens (including phenoxy) is 1. The molecule has 1 aliphatic heterocycles. The van der Waals surface area contributed by atoms with E-state index in [0.29, 0.717) is 18.1 Å². The summed E-state index contributed by atoms with van der Waals surface area (Å²) in [5, 5.41) is 4.15. The third-order valence-electron chi connectivity index (χ3n) is 9.64. The zero-order valence-electron chi connectivity index (χ0n) is 22.6. The van der Waals surface area contributed by atoms with Crippen molar-refractivity contribution < 1.29 is 14.3 Å². The van der Waals surface area contributed by atoms with Gasteiger partial charge in [0.15, 0.2) is 0 Å². The van der Waals surface area contributed by atoms with Crippen molar-refractivity contribution in [3.8, 4) is 5.75 Å². The molecule has 1 saturated heterocycles. The Kier molecular flexibility index (Phi) is 6.58. The van der Waals surface area contributed by atoms with Gasteiger partial charge in [-0.15, -0.1) is 0 Å². The number of nitrogens with zero attached hydrogens (tertiary/aromatic N) is 1. The minimum Gasteiger partial charge on any atom is -0.489 e. The van der Waals surface area contributed by atoms with Gasteiger partial charge in [0.2, 0.25) is 11.8 Å². The smallest absolute Gasteiger partial charge is 0.247 e. The van der Waals surface area contributed by atoms with Gasteiger partial charge in [-0.1, -0.05) is 66.2 Å². The van der Waals surface area contributed by atoms with Gasteiger partial charge in [0.25, 0.3) is 0 Å². The monoisotopic (exact) mass is 554 g/mol. The maximum absolute atomic E-state index is 14.2. The molecule has 0 spiro atoms. The molecule has 0 radical (unpaired) electrons. The van der Waals surface area contributed by atoms with Crippen molar-refractivity contribution in [3.63, 3.8) is 0 Å². The lowest BCUT2D eigenvalue weighted by molar-refractivity contribution is -0.157. The van der Waals surface area contributed by atoms with E-state index in [1.54, 1.807) is 17.0 Å². The number of amides is 2. The molecule has 8 rings (SSSR count). The topological polar surface area (TPSA) is 58.6 Å². The van der Waals surface area contributed by atoms with Gasteiger partial charge in [0, 0.05) is 10.6 Å². The molecule has 0 aromatic heterocycles. The summed E-state index contributed by atoms with van der Waals surface area (Å²) in [7, 11) is 0. The molecule has 1 N–H and O–H groups in total. The van der Waals surface area contributed by atoms with Crippen LogP contribution in [0.15, 0.2) is 78.9 Å². The van der Waals surface area contributed by atoms with Crippen molar-refractivity contribution in [1.29, 1.82) is 0 Å². The van der Waals surface area contributed by atoms with E-state index in [1.165, 1.54) is 19.3 Å². The Morgan fingerprint density at radius 1 is 0.900 bits per heavy atom. The lowest BCUT2D eigenvalue weighted by Crippen LogP contribution is -2.62. The predicted molar refractivity (Wildman–Crippen MR) is 155 cm³/mol. The van der Waals surface area contributed by atoms with E-state index in [-0.39, 0.29) is 23.4 Å². The van der Waals surface area contributed by atoms with Gasteiger partial charge in [-0.05, 0) is 97.2 Å². The fraction of sp³-hybridized carbons (Fsp3) is 0.412. The van der Waals surface area contributed by atoms with E-state index in [2.05, 4.69) is 5.32 Å². The van der Waals surface area contributed by atoms with E-state index in [1.807, 2.05) is 66.7 Å². The third kappa shape index (κ3) is 4.89. The quantitative estimate of drug-likeness (QED) is 0.304. The van der Waals surface area contributed by atoms with Gasteiger partial charge in [-0.3, -0.25) is 9.59 Å². The van der Waals surface area contributed by atoms with E-state index >= 15 is 0 Å². The van der Waals surface area contributed by atoms with Gasteiger partial charge in [-0.2, -0.15) is 0 Å². The molecule has 2 atom stereocenters. The van der Waals surface area contributed by atoms with Crippen LogP contribution < -0.4 is 10.1 Å². The number of likely N-dealkylation sites (tertiary alicyclic amines) is 1. The second-order valence-electron chi connectivity index (χ2n) is 12.5. The van der Waals surface area contributed by atoms with Crippen LogP contribution in [0.1, 0.15) is 73.7 Å². The summed E-state index contributed by atoms with van der Waals surface area (Å²) in [5.74, 6) is 2.88. The van der Waals surface area contributed by atoms with Crippen molar-refractivity contribution in [2.75, 3.05) is 0 Å². The second kappa shape index (κ2) is 10.3. The number of benzene rings is 3. The summed E-state index contributed by atoms with van der Waals surface area (Å²) in [6.45, 7) is 0.497. The summed E-state index contributed by atoms with van der Waals surface area (Å²) < 4.78 is 5.97. The van der Waals surface area contributed by atoms with Crippen molar-refractivity contribution >= 4 is 23.4 Å². The molecule has 4 bridgehead atoms. The van der Waals surface area contributed by atoms with Gasteiger partial charge in [0.1, 0.15) is 18.4 Å². The van der Waals surface area contributed by atoms with Crippen molar-refractivity contribution in [3.05, 3.63) is 101 Å². The highest BCUT2D eigenvalue weighted by Crippen LogP contribution is 2.56. The first-order valence-electron chi connectivity index (χ1n) is 14.6. The summed E-state index contributed by atoms with van der Waals surface area (Å²) in [6.07, 6.45) is 7.53. The Bertz CT molecular complexity index is 1350. The Labute approximate surface area is 240 Å². The number of carbonyl (C=O) groups excluding carboxylic acids is 2. The molecule has 5 aliphatic rings. The normalized spacial score (nSPS) is 29.1. The van der Waals surface area contributed by atoms with Crippen molar-refractivity contribution in [2.45, 2.75) is 69.2 Å². The molecule has 1 heterocycles. The van der Waals surface area contributed by atoms with Crippen LogP contribution in [0.25, 0.3) is 0 Å². The fourth-order valence-corrected chi connectivity index (χ4v) is 8.36. The van der Waals surface area contributed by atoms with E-state index < -0.39 is 6.04 Å². The average Bonchev–Trinajstić information content (AvgIpc) is 2.94. The molecule has 2 unspecified atom stereocenters. The first-order valence-corrected chi connectivity index (χ1v) is 15.0. The molecule has 6 heteroatoms.